The number of halogens is 3. The van der Waals surface area contributed by atoms with E-state index >= 15 is 0 Å². The first-order chi connectivity index (χ1) is 6.66. The maximum atomic E-state index is 12.9. The van der Waals surface area contributed by atoms with Gasteiger partial charge in [0.2, 0.25) is 0 Å². The van der Waals surface area contributed by atoms with Gasteiger partial charge in [0.05, 0.1) is 5.02 Å². The molecule has 0 saturated heterocycles. The first-order valence-corrected chi connectivity index (χ1v) is 5.78. The van der Waals surface area contributed by atoms with Crippen molar-refractivity contribution >= 4 is 38.9 Å². The largest absolute Gasteiger partial charge is 0.229 e. The Balaban J connectivity index is 2.47. The van der Waals surface area contributed by atoms with Crippen molar-refractivity contribution in [2.75, 3.05) is 0 Å². The van der Waals surface area contributed by atoms with Crippen LogP contribution in [0.3, 0.4) is 0 Å². The van der Waals surface area contributed by atoms with Crippen LogP contribution < -0.4 is 0 Å². The van der Waals surface area contributed by atoms with E-state index in [9.17, 15) is 4.39 Å². The van der Waals surface area contributed by atoms with E-state index in [1.54, 1.807) is 12.1 Å². The molecule has 72 valence electrons. The molecule has 0 N–H and O–H groups in total. The summed E-state index contributed by atoms with van der Waals surface area (Å²) in [5.74, 6) is -0.411. The molecule has 5 heteroatoms. The molecule has 14 heavy (non-hydrogen) atoms. The summed E-state index contributed by atoms with van der Waals surface area (Å²) < 4.78 is 13.6. The Kier molecular flexibility index (Phi) is 2.85. The van der Waals surface area contributed by atoms with Crippen LogP contribution in [-0.4, -0.2) is 4.98 Å². The molecule has 1 nitrogen and oxygen atoms in total. The molecule has 0 aliphatic rings. The zero-order chi connectivity index (χ0) is 10.1. The zero-order valence-corrected chi connectivity index (χ0v) is 9.96. The van der Waals surface area contributed by atoms with Gasteiger partial charge in [-0.1, -0.05) is 11.6 Å². The molecule has 0 unspecified atom stereocenters. The van der Waals surface area contributed by atoms with Crippen molar-refractivity contribution in [3.05, 3.63) is 39.0 Å². The minimum absolute atomic E-state index is 0.119. The molecule has 0 saturated carbocycles. The molecule has 1 aromatic carbocycles. The average Bonchev–Trinajstić information content (AvgIpc) is 2.57. The van der Waals surface area contributed by atoms with Gasteiger partial charge >= 0.3 is 0 Å². The average molecular weight is 293 g/mol. The molecule has 0 spiro atoms. The van der Waals surface area contributed by atoms with Crippen LogP contribution >= 0.6 is 38.9 Å². The molecule has 0 atom stereocenters. The van der Waals surface area contributed by atoms with Crippen molar-refractivity contribution in [2.24, 2.45) is 0 Å². The van der Waals surface area contributed by atoms with Gasteiger partial charge < -0.3 is 0 Å². The van der Waals surface area contributed by atoms with Crippen LogP contribution in [-0.2, 0) is 0 Å². The van der Waals surface area contributed by atoms with E-state index in [1.165, 1.54) is 17.4 Å². The Morgan fingerprint density at radius 3 is 2.79 bits per heavy atom. The summed E-state index contributed by atoms with van der Waals surface area (Å²) in [6.07, 6.45) is 0. The van der Waals surface area contributed by atoms with Gasteiger partial charge in [0.1, 0.15) is 15.4 Å². The summed E-state index contributed by atoms with van der Waals surface area (Å²) in [7, 11) is 0. The maximum absolute atomic E-state index is 12.9. The number of benzene rings is 1. The normalized spacial score (nSPS) is 10.5. The van der Waals surface area contributed by atoms with Gasteiger partial charge in [-0.3, -0.25) is 0 Å². The molecule has 1 heterocycles. The Hall–Kier alpha value is -0.450. The SMILES string of the molecule is Fc1ccc(-c2nc(Br)cs2)cc1Cl. The first-order valence-electron chi connectivity index (χ1n) is 3.73. The number of rotatable bonds is 1. The summed E-state index contributed by atoms with van der Waals surface area (Å²) in [6, 6.07) is 4.57. The van der Waals surface area contributed by atoms with E-state index in [1.807, 2.05) is 5.38 Å². The van der Waals surface area contributed by atoms with E-state index in [4.69, 9.17) is 11.6 Å². The highest BCUT2D eigenvalue weighted by molar-refractivity contribution is 9.10. The fourth-order valence-electron chi connectivity index (χ4n) is 1.02. The van der Waals surface area contributed by atoms with Crippen molar-refractivity contribution in [1.82, 2.24) is 4.98 Å². The molecule has 0 fully saturated rings. The second-order valence-electron chi connectivity index (χ2n) is 2.60. The van der Waals surface area contributed by atoms with Gasteiger partial charge in [-0.15, -0.1) is 11.3 Å². The van der Waals surface area contributed by atoms with Gasteiger partial charge in [-0.05, 0) is 34.1 Å². The van der Waals surface area contributed by atoms with Crippen LogP contribution in [0.4, 0.5) is 4.39 Å². The van der Waals surface area contributed by atoms with Gasteiger partial charge in [-0.2, -0.15) is 0 Å². The van der Waals surface area contributed by atoms with Gasteiger partial charge in [0.15, 0.2) is 0 Å². The van der Waals surface area contributed by atoms with Gasteiger partial charge in [0, 0.05) is 10.9 Å². The summed E-state index contributed by atoms with van der Waals surface area (Å²) in [5, 5.41) is 2.81. The molecule has 1 aromatic heterocycles. The van der Waals surface area contributed by atoms with E-state index < -0.39 is 5.82 Å². The van der Waals surface area contributed by atoms with Crippen LogP contribution in [0.5, 0.6) is 0 Å². The van der Waals surface area contributed by atoms with Crippen LogP contribution in [0.15, 0.2) is 28.2 Å². The first kappa shape index (κ1) is 10.1. The topological polar surface area (TPSA) is 12.9 Å². The summed E-state index contributed by atoms with van der Waals surface area (Å²) in [5.41, 5.74) is 0.826. The van der Waals surface area contributed by atoms with Crippen molar-refractivity contribution in [1.29, 1.82) is 0 Å². The second kappa shape index (κ2) is 3.96. The van der Waals surface area contributed by atoms with E-state index in [2.05, 4.69) is 20.9 Å². The standard InChI is InChI=1S/C9H4BrClFNS/c10-8-4-14-9(13-8)5-1-2-7(12)6(11)3-5/h1-4H. The third-order valence-corrected chi connectivity index (χ3v) is 3.53. The molecule has 2 aromatic rings. The number of hydrogen-bond acceptors (Lipinski definition) is 2. The molecular weight excluding hydrogens is 289 g/mol. The van der Waals surface area contributed by atoms with Crippen LogP contribution in [0.25, 0.3) is 10.6 Å². The lowest BCUT2D eigenvalue weighted by molar-refractivity contribution is 0.628. The molecule has 0 aliphatic carbocycles. The Morgan fingerprint density at radius 1 is 1.43 bits per heavy atom. The zero-order valence-electron chi connectivity index (χ0n) is 6.80. The highest BCUT2D eigenvalue weighted by Crippen LogP contribution is 2.28. The van der Waals surface area contributed by atoms with E-state index in [0.29, 0.717) is 0 Å². The number of aromatic nitrogens is 1. The number of nitrogens with zero attached hydrogens (tertiary/aromatic N) is 1. The highest BCUT2D eigenvalue weighted by Gasteiger charge is 2.06. The summed E-state index contributed by atoms with van der Waals surface area (Å²) in [4.78, 5) is 4.21. The van der Waals surface area contributed by atoms with Crippen LogP contribution in [0, 0.1) is 5.82 Å². The quantitative estimate of drug-likeness (QED) is 0.761. The Bertz CT molecular complexity index is 472. The monoisotopic (exact) mass is 291 g/mol. The smallest absolute Gasteiger partial charge is 0.141 e. The number of thiazole rings is 1. The third kappa shape index (κ3) is 1.97. The Labute approximate surface area is 97.7 Å². The fraction of sp³-hybridized carbons (Fsp3) is 0. The molecule has 0 bridgehead atoms. The lowest BCUT2D eigenvalue weighted by Crippen LogP contribution is -1.79. The van der Waals surface area contributed by atoms with Gasteiger partial charge in [-0.25, -0.2) is 9.37 Å². The second-order valence-corrected chi connectivity index (χ2v) is 4.68. The van der Waals surface area contributed by atoms with E-state index in [-0.39, 0.29) is 5.02 Å². The molecule has 0 aliphatic heterocycles. The lowest BCUT2D eigenvalue weighted by atomic mass is 10.2. The third-order valence-electron chi connectivity index (χ3n) is 1.64. The van der Waals surface area contributed by atoms with Crippen LogP contribution in [0.1, 0.15) is 0 Å². The molecule has 0 radical (unpaired) electrons. The lowest BCUT2D eigenvalue weighted by Gasteiger charge is -1.97. The molecule has 0 amide bonds. The number of hydrogen-bond donors (Lipinski definition) is 0. The van der Waals surface area contributed by atoms with Crippen molar-refractivity contribution in [3.8, 4) is 10.6 Å². The van der Waals surface area contributed by atoms with E-state index in [0.717, 1.165) is 15.2 Å². The predicted molar refractivity (Wildman–Crippen MR) is 60.2 cm³/mol. The predicted octanol–water partition coefficient (Wildman–Crippen LogP) is 4.37. The molecule has 2 rings (SSSR count). The van der Waals surface area contributed by atoms with Gasteiger partial charge in [0.25, 0.3) is 0 Å². The maximum Gasteiger partial charge on any atom is 0.141 e. The minimum Gasteiger partial charge on any atom is -0.229 e. The van der Waals surface area contributed by atoms with Crippen molar-refractivity contribution in [2.45, 2.75) is 0 Å². The van der Waals surface area contributed by atoms with Crippen molar-refractivity contribution < 1.29 is 4.39 Å². The Morgan fingerprint density at radius 2 is 2.21 bits per heavy atom. The highest BCUT2D eigenvalue weighted by atomic mass is 79.9. The van der Waals surface area contributed by atoms with Crippen molar-refractivity contribution in [3.63, 3.8) is 0 Å². The van der Waals surface area contributed by atoms with Crippen LogP contribution in [0.2, 0.25) is 5.02 Å². The fourth-order valence-corrected chi connectivity index (χ4v) is 2.45. The minimum atomic E-state index is -0.411. The molecular formula is C9H4BrClFNS. The summed E-state index contributed by atoms with van der Waals surface area (Å²) >= 11 is 10.4. The summed E-state index contributed by atoms with van der Waals surface area (Å²) in [6.45, 7) is 0.